The number of carbonyl (C=O) groups excluding carboxylic acids is 1. The summed E-state index contributed by atoms with van der Waals surface area (Å²) in [6.07, 6.45) is 1.88. The number of phenolic OH excluding ortho intramolecular Hbond substituents is 1. The molecule has 0 saturated heterocycles. The summed E-state index contributed by atoms with van der Waals surface area (Å²) in [5.41, 5.74) is 2.83. The zero-order chi connectivity index (χ0) is 17.6. The van der Waals surface area contributed by atoms with E-state index in [1.54, 1.807) is 5.06 Å². The summed E-state index contributed by atoms with van der Waals surface area (Å²) < 4.78 is 0. The molecule has 6 heteroatoms. The monoisotopic (exact) mass is 375 g/mol. The van der Waals surface area contributed by atoms with Crippen LogP contribution in [0.15, 0.2) is 42.1 Å². The van der Waals surface area contributed by atoms with Crippen LogP contribution in [0.4, 0.5) is 0 Å². The first-order valence-corrected chi connectivity index (χ1v) is 8.79. The van der Waals surface area contributed by atoms with E-state index in [0.717, 1.165) is 17.6 Å². The molecule has 0 atom stereocenters. The average Bonchev–Trinajstić information content (AvgIpc) is 2.60. The zero-order valence-electron chi connectivity index (χ0n) is 13.3. The molecule has 0 amide bonds. The number of Topliss-reactive ketones (excluding diaryl/α,β-unsaturated/α-hetero) is 1. The van der Waals surface area contributed by atoms with Gasteiger partial charge in [0.1, 0.15) is 11.4 Å². The molecule has 0 bridgehead atoms. The molecule has 4 nitrogen and oxygen atoms in total. The third-order valence-electron chi connectivity index (χ3n) is 4.45. The highest BCUT2D eigenvalue weighted by molar-refractivity contribution is 6.37. The van der Waals surface area contributed by atoms with Crippen molar-refractivity contribution in [3.63, 3.8) is 0 Å². The minimum absolute atomic E-state index is 0.0124. The Balaban J connectivity index is 1.87. The summed E-state index contributed by atoms with van der Waals surface area (Å²) in [7, 11) is 0. The van der Waals surface area contributed by atoms with Crippen molar-refractivity contribution in [3.8, 4) is 11.5 Å². The molecule has 25 heavy (non-hydrogen) atoms. The highest BCUT2D eigenvalue weighted by Crippen LogP contribution is 2.50. The molecule has 4 rings (SSSR count). The molecule has 0 fully saturated rings. The number of ketones is 1. The summed E-state index contributed by atoms with van der Waals surface area (Å²) in [4.78, 5) is 18.6. The lowest BCUT2D eigenvalue weighted by Crippen LogP contribution is -2.36. The van der Waals surface area contributed by atoms with Gasteiger partial charge in [-0.05, 0) is 24.0 Å². The first kappa shape index (κ1) is 16.3. The van der Waals surface area contributed by atoms with E-state index in [1.165, 1.54) is 6.07 Å². The van der Waals surface area contributed by atoms with Crippen LogP contribution in [0.3, 0.4) is 0 Å². The van der Waals surface area contributed by atoms with Crippen LogP contribution in [0.25, 0.3) is 5.57 Å². The smallest absolute Gasteiger partial charge is 0.183 e. The van der Waals surface area contributed by atoms with Crippen LogP contribution >= 0.6 is 23.2 Å². The fourth-order valence-corrected chi connectivity index (χ4v) is 3.82. The molecule has 0 unspecified atom stereocenters. The van der Waals surface area contributed by atoms with Gasteiger partial charge in [0.05, 0.1) is 16.6 Å². The molecule has 0 aromatic heterocycles. The molecule has 1 N–H and O–H groups in total. The fraction of sp³-hybridized carbons (Fsp3) is 0.211. The number of benzene rings is 2. The third kappa shape index (κ3) is 2.75. The number of phenols is 1. The lowest BCUT2D eigenvalue weighted by molar-refractivity contribution is -0.123. The van der Waals surface area contributed by atoms with Crippen LogP contribution < -0.4 is 4.84 Å². The molecule has 2 aromatic carbocycles. The maximum absolute atomic E-state index is 12.6. The second-order valence-electron chi connectivity index (χ2n) is 6.11. The number of hydroxylamine groups is 2. The predicted molar refractivity (Wildman–Crippen MR) is 96.5 cm³/mol. The molecule has 2 aliphatic rings. The molecule has 0 spiro atoms. The average molecular weight is 376 g/mol. The molecule has 1 aliphatic heterocycles. The molecule has 128 valence electrons. The quantitative estimate of drug-likeness (QED) is 0.804. The lowest BCUT2D eigenvalue weighted by atomic mass is 9.88. The van der Waals surface area contributed by atoms with Gasteiger partial charge in [0.2, 0.25) is 0 Å². The van der Waals surface area contributed by atoms with Crippen molar-refractivity contribution < 1.29 is 14.7 Å². The Labute approximate surface area is 155 Å². The summed E-state index contributed by atoms with van der Waals surface area (Å²) in [5, 5.41) is 12.0. The zero-order valence-corrected chi connectivity index (χ0v) is 14.8. The first-order chi connectivity index (χ1) is 12.1. The van der Waals surface area contributed by atoms with Crippen LogP contribution in [0.5, 0.6) is 11.5 Å². The van der Waals surface area contributed by atoms with Gasteiger partial charge in [0.25, 0.3) is 0 Å². The van der Waals surface area contributed by atoms with Gasteiger partial charge in [-0.2, -0.15) is 0 Å². The van der Waals surface area contributed by atoms with E-state index in [9.17, 15) is 9.90 Å². The summed E-state index contributed by atoms with van der Waals surface area (Å²) in [6.45, 7) is 0.416. The SMILES string of the molecule is O=C1CCCC2=C1N(Cc1ccccc1)Oc1c(Cl)cc(O)c(Cl)c12. The molecule has 0 radical (unpaired) electrons. The Kier molecular flexibility index (Phi) is 4.10. The van der Waals surface area contributed by atoms with Gasteiger partial charge in [0, 0.05) is 18.1 Å². The number of halogens is 2. The maximum Gasteiger partial charge on any atom is 0.183 e. The number of nitrogens with zero attached hydrogens (tertiary/aromatic N) is 1. The number of carbonyl (C=O) groups is 1. The maximum atomic E-state index is 12.6. The highest BCUT2D eigenvalue weighted by Gasteiger charge is 2.36. The van der Waals surface area contributed by atoms with Gasteiger partial charge in [0.15, 0.2) is 11.5 Å². The summed E-state index contributed by atoms with van der Waals surface area (Å²) in [5.74, 6) is 0.280. The highest BCUT2D eigenvalue weighted by atomic mass is 35.5. The molecular weight excluding hydrogens is 361 g/mol. The Morgan fingerprint density at radius 1 is 1.16 bits per heavy atom. The van der Waals surface area contributed by atoms with Gasteiger partial charge in [-0.1, -0.05) is 53.5 Å². The number of fused-ring (bicyclic) bond motifs is 2. The Morgan fingerprint density at radius 2 is 1.92 bits per heavy atom. The van der Waals surface area contributed by atoms with Crippen molar-refractivity contribution in [3.05, 3.63) is 63.3 Å². The lowest BCUT2D eigenvalue weighted by Gasteiger charge is -2.36. The van der Waals surface area contributed by atoms with Crippen LogP contribution in [-0.4, -0.2) is 16.0 Å². The number of aromatic hydroxyl groups is 1. The molecule has 0 saturated carbocycles. The predicted octanol–water partition coefficient (Wildman–Crippen LogP) is 4.97. The molecule has 1 aliphatic carbocycles. The largest absolute Gasteiger partial charge is 0.506 e. The second kappa shape index (κ2) is 6.28. The van der Waals surface area contributed by atoms with Crippen LogP contribution in [-0.2, 0) is 11.3 Å². The van der Waals surface area contributed by atoms with E-state index < -0.39 is 0 Å². The number of rotatable bonds is 2. The van der Waals surface area contributed by atoms with Gasteiger partial charge >= 0.3 is 0 Å². The summed E-state index contributed by atoms with van der Waals surface area (Å²) >= 11 is 12.6. The van der Waals surface area contributed by atoms with Crippen LogP contribution in [0, 0.1) is 0 Å². The van der Waals surface area contributed by atoms with E-state index in [1.807, 2.05) is 30.3 Å². The third-order valence-corrected chi connectivity index (χ3v) is 5.12. The van der Waals surface area contributed by atoms with Crippen molar-refractivity contribution >= 4 is 34.6 Å². The van der Waals surface area contributed by atoms with E-state index in [0.29, 0.717) is 36.4 Å². The van der Waals surface area contributed by atoms with E-state index in [2.05, 4.69) is 0 Å². The Morgan fingerprint density at radius 3 is 2.68 bits per heavy atom. The normalized spacial score (nSPS) is 16.4. The molecular formula is C19H15Cl2NO3. The second-order valence-corrected chi connectivity index (χ2v) is 6.90. The van der Waals surface area contributed by atoms with Crippen molar-refractivity contribution in [1.29, 1.82) is 0 Å². The number of hydrogen-bond acceptors (Lipinski definition) is 4. The van der Waals surface area contributed by atoms with E-state index in [4.69, 9.17) is 28.0 Å². The van der Waals surface area contributed by atoms with Crippen LogP contribution in [0.2, 0.25) is 10.0 Å². The van der Waals surface area contributed by atoms with Crippen molar-refractivity contribution in [1.82, 2.24) is 5.06 Å². The van der Waals surface area contributed by atoms with Crippen molar-refractivity contribution in [2.24, 2.45) is 0 Å². The fourth-order valence-electron chi connectivity index (χ4n) is 3.34. The van der Waals surface area contributed by atoms with Crippen molar-refractivity contribution in [2.45, 2.75) is 25.8 Å². The number of hydrogen-bond donors (Lipinski definition) is 1. The van der Waals surface area contributed by atoms with Gasteiger partial charge in [-0.15, -0.1) is 0 Å². The van der Waals surface area contributed by atoms with Gasteiger partial charge in [-0.25, -0.2) is 5.06 Å². The van der Waals surface area contributed by atoms with Gasteiger partial charge in [-0.3, -0.25) is 4.79 Å². The van der Waals surface area contributed by atoms with Gasteiger partial charge < -0.3 is 9.94 Å². The standard InChI is InChI=1S/C19H15Cl2NO3/c20-13-9-15(24)17(21)16-12-7-4-8-14(23)18(12)22(25-19(13)16)10-11-5-2-1-3-6-11/h1-3,5-6,9,24H,4,7-8,10H2. The van der Waals surface area contributed by atoms with Crippen molar-refractivity contribution in [2.75, 3.05) is 0 Å². The van der Waals surface area contributed by atoms with E-state index >= 15 is 0 Å². The topological polar surface area (TPSA) is 49.8 Å². The van der Waals surface area contributed by atoms with Crippen LogP contribution in [0.1, 0.15) is 30.4 Å². The minimum Gasteiger partial charge on any atom is -0.506 e. The number of allylic oxidation sites excluding steroid dienone is 2. The Bertz CT molecular complexity index is 893. The Hall–Kier alpha value is -2.17. The van der Waals surface area contributed by atoms with E-state index in [-0.39, 0.29) is 21.6 Å². The molecule has 1 heterocycles. The summed E-state index contributed by atoms with van der Waals surface area (Å²) in [6, 6.07) is 11.1. The first-order valence-electron chi connectivity index (χ1n) is 8.03. The molecule has 2 aromatic rings. The minimum atomic E-state index is -0.115.